The summed E-state index contributed by atoms with van der Waals surface area (Å²) in [5, 5.41) is 3.41. The van der Waals surface area contributed by atoms with Crippen LogP contribution in [0.2, 0.25) is 0 Å². The lowest BCUT2D eigenvalue weighted by Crippen LogP contribution is -2.44. The predicted molar refractivity (Wildman–Crippen MR) is 83.7 cm³/mol. The van der Waals surface area contributed by atoms with E-state index in [0.717, 1.165) is 24.1 Å². The van der Waals surface area contributed by atoms with Gasteiger partial charge in [-0.15, -0.1) is 0 Å². The molecule has 1 aromatic rings. The molecule has 0 aliphatic carbocycles. The zero-order valence-corrected chi connectivity index (χ0v) is 13.7. The van der Waals surface area contributed by atoms with Crippen LogP contribution in [0.25, 0.3) is 0 Å². The Morgan fingerprint density at radius 3 is 2.90 bits per heavy atom. The normalized spacial score (nSPS) is 19.1. The maximum atomic E-state index is 12.6. The third-order valence-electron chi connectivity index (χ3n) is 3.68. The zero-order chi connectivity index (χ0) is 14.5. The van der Waals surface area contributed by atoms with Gasteiger partial charge in [0, 0.05) is 23.3 Å². The van der Waals surface area contributed by atoms with Crippen LogP contribution < -0.4 is 5.32 Å². The predicted octanol–water partition coefficient (Wildman–Crippen LogP) is 2.69. The first-order valence-corrected chi connectivity index (χ1v) is 8.00. The summed E-state index contributed by atoms with van der Waals surface area (Å²) in [6.45, 7) is 7.03. The second-order valence-electron chi connectivity index (χ2n) is 5.63. The second-order valence-corrected chi connectivity index (χ2v) is 6.54. The minimum Gasteiger partial charge on any atom is -0.335 e. The molecule has 1 aliphatic rings. The van der Waals surface area contributed by atoms with Crippen molar-refractivity contribution in [3.63, 3.8) is 0 Å². The van der Waals surface area contributed by atoms with Gasteiger partial charge in [-0.25, -0.2) is 4.98 Å². The summed E-state index contributed by atoms with van der Waals surface area (Å²) in [5.74, 6) is 0.573. The molecule has 1 fully saturated rings. The highest BCUT2D eigenvalue weighted by molar-refractivity contribution is 9.10. The molecular weight excluding hydrogens is 318 g/mol. The molecule has 0 spiro atoms. The molecule has 1 saturated heterocycles. The minimum atomic E-state index is 0.0260. The number of nitrogens with one attached hydrogen (secondary N) is 1. The van der Waals surface area contributed by atoms with Gasteiger partial charge >= 0.3 is 0 Å². The molecule has 110 valence electrons. The lowest BCUT2D eigenvalue weighted by atomic mass is 9.98. The monoisotopic (exact) mass is 339 g/mol. The molecule has 1 atom stereocenters. The molecule has 2 heterocycles. The maximum absolute atomic E-state index is 12.6. The van der Waals surface area contributed by atoms with Crippen LogP contribution in [0, 0.1) is 5.92 Å². The Balaban J connectivity index is 2.07. The summed E-state index contributed by atoms with van der Waals surface area (Å²) in [6.07, 6.45) is 4.06. The van der Waals surface area contributed by atoms with E-state index in [4.69, 9.17) is 0 Å². The van der Waals surface area contributed by atoms with Crippen molar-refractivity contribution in [3.05, 3.63) is 28.5 Å². The van der Waals surface area contributed by atoms with Crippen molar-refractivity contribution in [2.24, 2.45) is 5.92 Å². The number of hydrogen-bond acceptors (Lipinski definition) is 3. The van der Waals surface area contributed by atoms with Crippen molar-refractivity contribution in [3.8, 4) is 0 Å². The minimum absolute atomic E-state index is 0.0260. The smallest absolute Gasteiger partial charge is 0.272 e. The number of pyridine rings is 1. The lowest BCUT2D eigenvalue weighted by Gasteiger charge is -2.32. The highest BCUT2D eigenvalue weighted by atomic mass is 79.9. The van der Waals surface area contributed by atoms with Crippen LogP contribution in [0.3, 0.4) is 0 Å². The maximum Gasteiger partial charge on any atom is 0.272 e. The molecule has 0 aromatic carbocycles. The fourth-order valence-electron chi connectivity index (χ4n) is 2.54. The summed E-state index contributed by atoms with van der Waals surface area (Å²) in [6, 6.07) is 3.83. The van der Waals surface area contributed by atoms with Gasteiger partial charge < -0.3 is 10.2 Å². The molecule has 2 rings (SSSR count). The number of nitrogens with zero attached hydrogens (tertiary/aromatic N) is 2. The summed E-state index contributed by atoms with van der Waals surface area (Å²) < 4.78 is 0.890. The molecule has 20 heavy (non-hydrogen) atoms. The highest BCUT2D eigenvalue weighted by Gasteiger charge is 2.24. The molecule has 4 nitrogen and oxygen atoms in total. The summed E-state index contributed by atoms with van der Waals surface area (Å²) in [5.41, 5.74) is 0.519. The van der Waals surface area contributed by atoms with E-state index in [1.165, 1.54) is 12.8 Å². The van der Waals surface area contributed by atoms with E-state index in [0.29, 0.717) is 11.6 Å². The molecule has 1 unspecified atom stereocenters. The first-order valence-electron chi connectivity index (χ1n) is 7.21. The quantitative estimate of drug-likeness (QED) is 0.917. The van der Waals surface area contributed by atoms with Crippen molar-refractivity contribution in [1.82, 2.24) is 15.2 Å². The lowest BCUT2D eigenvalue weighted by molar-refractivity contribution is 0.0655. The van der Waals surface area contributed by atoms with E-state index in [1.54, 1.807) is 12.3 Å². The van der Waals surface area contributed by atoms with Gasteiger partial charge in [-0.2, -0.15) is 0 Å². The van der Waals surface area contributed by atoms with Crippen LogP contribution in [0.5, 0.6) is 0 Å². The van der Waals surface area contributed by atoms with Gasteiger partial charge in [0.15, 0.2) is 0 Å². The van der Waals surface area contributed by atoms with Crippen LogP contribution in [-0.4, -0.2) is 41.5 Å². The zero-order valence-electron chi connectivity index (χ0n) is 12.1. The topological polar surface area (TPSA) is 45.2 Å². The number of aromatic nitrogens is 1. The highest BCUT2D eigenvalue weighted by Crippen LogP contribution is 2.16. The van der Waals surface area contributed by atoms with Crippen molar-refractivity contribution < 1.29 is 4.79 Å². The number of amides is 1. The SMILES string of the molecule is CC(C)N(CC1CCCNC1)C(=O)c1ccc(Br)cn1. The third-order valence-corrected chi connectivity index (χ3v) is 4.15. The summed E-state index contributed by atoms with van der Waals surface area (Å²) >= 11 is 3.34. The Morgan fingerprint density at radius 2 is 2.35 bits per heavy atom. The molecular formula is C15H22BrN3O. The van der Waals surface area contributed by atoms with Gasteiger partial charge in [-0.3, -0.25) is 4.79 Å². The molecule has 0 saturated carbocycles. The van der Waals surface area contributed by atoms with Crippen LogP contribution in [0.1, 0.15) is 37.2 Å². The van der Waals surface area contributed by atoms with Crippen molar-refractivity contribution >= 4 is 21.8 Å². The average molecular weight is 340 g/mol. The summed E-state index contributed by atoms with van der Waals surface area (Å²) in [4.78, 5) is 18.8. The van der Waals surface area contributed by atoms with Gasteiger partial charge in [0.1, 0.15) is 5.69 Å². The molecule has 1 amide bonds. The van der Waals surface area contributed by atoms with Crippen molar-refractivity contribution in [2.75, 3.05) is 19.6 Å². The second kappa shape index (κ2) is 7.18. The standard InChI is InChI=1S/C15H22BrN3O/c1-11(2)19(10-12-4-3-7-17-8-12)15(20)14-6-5-13(16)9-18-14/h5-6,9,11-12,17H,3-4,7-8,10H2,1-2H3. The molecule has 0 bridgehead atoms. The molecule has 1 N–H and O–H groups in total. The first-order chi connectivity index (χ1) is 9.58. The van der Waals surface area contributed by atoms with E-state index in [2.05, 4.69) is 40.1 Å². The number of piperidine rings is 1. The first kappa shape index (κ1) is 15.4. The van der Waals surface area contributed by atoms with Gasteiger partial charge in [0.2, 0.25) is 0 Å². The van der Waals surface area contributed by atoms with E-state index in [-0.39, 0.29) is 11.9 Å². The van der Waals surface area contributed by atoms with Gasteiger partial charge in [-0.05, 0) is 73.8 Å². The molecule has 5 heteroatoms. The van der Waals surface area contributed by atoms with Crippen molar-refractivity contribution in [1.29, 1.82) is 0 Å². The Bertz CT molecular complexity index is 441. The Morgan fingerprint density at radius 1 is 1.55 bits per heavy atom. The average Bonchev–Trinajstić information content (AvgIpc) is 2.45. The fourth-order valence-corrected chi connectivity index (χ4v) is 2.77. The number of hydrogen-bond donors (Lipinski definition) is 1. The Hall–Kier alpha value is -0.940. The van der Waals surface area contributed by atoms with Crippen LogP contribution >= 0.6 is 15.9 Å². The van der Waals surface area contributed by atoms with Crippen molar-refractivity contribution in [2.45, 2.75) is 32.7 Å². The van der Waals surface area contributed by atoms with E-state index in [1.807, 2.05) is 11.0 Å². The van der Waals surface area contributed by atoms with E-state index < -0.39 is 0 Å². The van der Waals surface area contributed by atoms with Crippen LogP contribution in [-0.2, 0) is 0 Å². The number of carbonyl (C=O) groups is 1. The number of carbonyl (C=O) groups excluding carboxylic acids is 1. The van der Waals surface area contributed by atoms with Gasteiger partial charge in [0.25, 0.3) is 5.91 Å². The Labute approximate surface area is 129 Å². The Kier molecular flexibility index (Phi) is 5.54. The molecule has 1 aliphatic heterocycles. The summed E-state index contributed by atoms with van der Waals surface area (Å²) in [7, 11) is 0. The largest absolute Gasteiger partial charge is 0.335 e. The van der Waals surface area contributed by atoms with Gasteiger partial charge in [0.05, 0.1) is 0 Å². The fraction of sp³-hybridized carbons (Fsp3) is 0.600. The number of halogens is 1. The van der Waals surface area contributed by atoms with E-state index in [9.17, 15) is 4.79 Å². The third kappa shape index (κ3) is 4.03. The molecule has 1 aromatic heterocycles. The van der Waals surface area contributed by atoms with Gasteiger partial charge in [-0.1, -0.05) is 0 Å². The van der Waals surface area contributed by atoms with Crippen LogP contribution in [0.15, 0.2) is 22.8 Å². The van der Waals surface area contributed by atoms with E-state index >= 15 is 0 Å². The number of rotatable bonds is 4. The van der Waals surface area contributed by atoms with Crippen LogP contribution in [0.4, 0.5) is 0 Å². The molecule has 0 radical (unpaired) electrons.